The molecule has 0 unspecified atom stereocenters. The van der Waals surface area contributed by atoms with Gasteiger partial charge in [-0.25, -0.2) is 0 Å². The van der Waals surface area contributed by atoms with Crippen LogP contribution in [-0.2, 0) is 15.7 Å². The Morgan fingerprint density at radius 2 is 1.75 bits per heavy atom. The fourth-order valence-corrected chi connectivity index (χ4v) is 0.719. The van der Waals surface area contributed by atoms with Crippen molar-refractivity contribution in [1.29, 1.82) is 0 Å². The van der Waals surface area contributed by atoms with E-state index >= 15 is 0 Å². The molecule has 0 aromatic heterocycles. The zero-order valence-corrected chi connectivity index (χ0v) is 5.57. The van der Waals surface area contributed by atoms with Crippen LogP contribution in [-0.4, -0.2) is 0 Å². The molecule has 0 aliphatic carbocycles. The van der Waals surface area contributed by atoms with Crippen LogP contribution in [0.2, 0.25) is 0 Å². The second-order valence-corrected chi connectivity index (χ2v) is 1.79. The van der Waals surface area contributed by atoms with Crippen LogP contribution in [0.25, 0.3) is 0 Å². The standard InChI is InChI=1S/C7H5.Cr/c1-7-5-3-2-4-6-7;/h2-6H;. The van der Waals surface area contributed by atoms with Crippen LogP contribution in [0.5, 0.6) is 0 Å². The molecule has 1 heteroatoms. The molecule has 0 heterocycles. The summed E-state index contributed by atoms with van der Waals surface area (Å²) in [5.74, 6) is 0. The van der Waals surface area contributed by atoms with Crippen molar-refractivity contribution in [3.8, 4) is 4.69 Å². The third-order valence-corrected chi connectivity index (χ3v) is 1.26. The molecule has 0 fully saturated rings. The van der Waals surface area contributed by atoms with Gasteiger partial charge in [0.05, 0.1) is 0 Å². The van der Waals surface area contributed by atoms with Gasteiger partial charge in [0.25, 0.3) is 0 Å². The van der Waals surface area contributed by atoms with E-state index in [-0.39, 0.29) is 0 Å². The van der Waals surface area contributed by atoms with Gasteiger partial charge in [-0.15, -0.1) is 0 Å². The maximum absolute atomic E-state index is 2.90. The summed E-state index contributed by atoms with van der Waals surface area (Å²) >= 11 is 2.71. The minimum atomic E-state index is 1.10. The first-order valence-corrected chi connectivity index (χ1v) is 3.00. The Balaban J connectivity index is 3.05. The van der Waals surface area contributed by atoms with Crippen molar-refractivity contribution in [3.63, 3.8) is 0 Å². The first kappa shape index (κ1) is 5.67. The molecule has 1 rings (SSSR count). The Labute approximate surface area is 56.7 Å². The molecule has 0 aliphatic rings. The van der Waals surface area contributed by atoms with E-state index in [2.05, 4.69) is 20.4 Å². The first-order chi connectivity index (χ1) is 3.93. The Morgan fingerprint density at radius 1 is 1.12 bits per heavy atom. The molecule has 0 bridgehead atoms. The summed E-state index contributed by atoms with van der Waals surface area (Å²) in [4.78, 5) is 0. The normalized spacial score (nSPS) is 7.88. The minimum absolute atomic E-state index is 1.10. The molecule has 0 N–H and O–H groups in total. The third-order valence-electron chi connectivity index (χ3n) is 0.892. The van der Waals surface area contributed by atoms with Gasteiger partial charge in [-0.2, -0.15) is 0 Å². The monoisotopic (exact) mass is 141 g/mol. The van der Waals surface area contributed by atoms with E-state index in [1.807, 2.05) is 30.3 Å². The van der Waals surface area contributed by atoms with Crippen molar-refractivity contribution < 1.29 is 15.7 Å². The zero-order chi connectivity index (χ0) is 5.82. The van der Waals surface area contributed by atoms with Gasteiger partial charge in [0.15, 0.2) is 0 Å². The average Bonchev–Trinajstić information content (AvgIpc) is 1.90. The summed E-state index contributed by atoms with van der Waals surface area (Å²) in [6.45, 7) is 0. The molecule has 0 radical (unpaired) electrons. The second kappa shape index (κ2) is 2.75. The summed E-state index contributed by atoms with van der Waals surface area (Å²) in [5, 5.41) is 0. The SMILES string of the molecule is [Cr]#[C]c1ccccc1. The third kappa shape index (κ3) is 1.25. The molecule has 39 valence electrons. The number of rotatable bonds is 0. The molecule has 1 aromatic carbocycles. The fraction of sp³-hybridized carbons (Fsp3) is 0. The van der Waals surface area contributed by atoms with Gasteiger partial charge in [-0.1, -0.05) is 0 Å². The zero-order valence-electron chi connectivity index (χ0n) is 4.29. The molecule has 1 aromatic rings. The van der Waals surface area contributed by atoms with Crippen molar-refractivity contribution in [3.05, 3.63) is 35.9 Å². The topological polar surface area (TPSA) is 0 Å². The molecule has 0 amide bonds. The van der Waals surface area contributed by atoms with Crippen molar-refractivity contribution in [2.24, 2.45) is 0 Å². The van der Waals surface area contributed by atoms with Crippen LogP contribution in [0.4, 0.5) is 0 Å². The molecular formula is C7H5Cr. The summed E-state index contributed by atoms with van der Waals surface area (Å²) in [5.41, 5.74) is 1.10. The fourth-order valence-electron chi connectivity index (χ4n) is 0.506. The summed E-state index contributed by atoms with van der Waals surface area (Å²) in [7, 11) is 0. The molecule has 0 spiro atoms. The van der Waals surface area contributed by atoms with Gasteiger partial charge in [0, 0.05) is 0 Å². The van der Waals surface area contributed by atoms with Gasteiger partial charge < -0.3 is 0 Å². The van der Waals surface area contributed by atoms with Crippen molar-refractivity contribution in [2.45, 2.75) is 0 Å². The van der Waals surface area contributed by atoms with E-state index in [4.69, 9.17) is 0 Å². The van der Waals surface area contributed by atoms with Crippen LogP contribution in [0.1, 0.15) is 5.56 Å². The van der Waals surface area contributed by atoms with Gasteiger partial charge in [-0.3, -0.25) is 0 Å². The molecule has 8 heavy (non-hydrogen) atoms. The maximum atomic E-state index is 2.90. The Bertz CT molecular complexity index is 195. The van der Waals surface area contributed by atoms with Gasteiger partial charge in [0.2, 0.25) is 0 Å². The van der Waals surface area contributed by atoms with E-state index in [0.717, 1.165) is 5.56 Å². The van der Waals surface area contributed by atoms with E-state index in [9.17, 15) is 0 Å². The summed E-state index contributed by atoms with van der Waals surface area (Å²) in [6.07, 6.45) is 0. The van der Waals surface area contributed by atoms with Crippen LogP contribution in [0.3, 0.4) is 0 Å². The Morgan fingerprint density at radius 3 is 2.12 bits per heavy atom. The van der Waals surface area contributed by atoms with Gasteiger partial charge in [0.1, 0.15) is 0 Å². The predicted molar refractivity (Wildman–Crippen MR) is 29.4 cm³/mol. The summed E-state index contributed by atoms with van der Waals surface area (Å²) in [6, 6.07) is 9.95. The van der Waals surface area contributed by atoms with Gasteiger partial charge >= 0.3 is 56.2 Å². The average molecular weight is 141 g/mol. The second-order valence-electron chi connectivity index (χ2n) is 1.47. The Kier molecular flexibility index (Phi) is 1.94. The summed E-state index contributed by atoms with van der Waals surface area (Å²) < 4.78 is 2.90. The van der Waals surface area contributed by atoms with Gasteiger partial charge in [-0.05, 0) is 0 Å². The van der Waals surface area contributed by atoms with Crippen molar-refractivity contribution >= 4 is 0 Å². The number of hydrogen-bond acceptors (Lipinski definition) is 0. The predicted octanol–water partition coefficient (Wildman–Crippen LogP) is 1.54. The van der Waals surface area contributed by atoms with Crippen LogP contribution < -0.4 is 0 Å². The first-order valence-electron chi connectivity index (χ1n) is 2.36. The quantitative estimate of drug-likeness (QED) is 0.514. The Hall–Kier alpha value is -0.468. The molecular weight excluding hydrogens is 136 g/mol. The van der Waals surface area contributed by atoms with Crippen LogP contribution in [0, 0.1) is 4.69 Å². The van der Waals surface area contributed by atoms with E-state index in [0.29, 0.717) is 0 Å². The van der Waals surface area contributed by atoms with Crippen LogP contribution in [0.15, 0.2) is 30.3 Å². The molecule has 0 nitrogen and oxygen atoms in total. The number of benzene rings is 1. The molecule has 0 saturated heterocycles. The van der Waals surface area contributed by atoms with E-state index < -0.39 is 0 Å². The van der Waals surface area contributed by atoms with E-state index in [1.165, 1.54) is 0 Å². The van der Waals surface area contributed by atoms with Crippen LogP contribution >= 0.6 is 0 Å². The molecule has 0 saturated carbocycles. The molecule has 0 atom stereocenters. The number of hydrogen-bond donors (Lipinski definition) is 0. The molecule has 0 aliphatic heterocycles. The van der Waals surface area contributed by atoms with E-state index in [1.54, 1.807) is 0 Å². The van der Waals surface area contributed by atoms with Crippen molar-refractivity contribution in [2.75, 3.05) is 0 Å². The van der Waals surface area contributed by atoms with Crippen molar-refractivity contribution in [1.82, 2.24) is 0 Å².